The van der Waals surface area contributed by atoms with Gasteiger partial charge in [-0.05, 0) is 195 Å². The molecular weight excluding hydrogens is 1590 g/mol. The van der Waals surface area contributed by atoms with E-state index in [2.05, 4.69) is 80.8 Å². The van der Waals surface area contributed by atoms with Crippen LogP contribution in [0.1, 0.15) is 84.4 Å². The molecule has 0 atom stereocenters. The Morgan fingerprint density at radius 3 is 0.675 bits per heavy atom. The summed E-state index contributed by atoms with van der Waals surface area (Å²) < 4.78 is 15.3. The molecule has 0 radical (unpaired) electrons. The summed E-state index contributed by atoms with van der Waals surface area (Å²) in [5.41, 5.74) is 23.4. The number of hydrogen-bond acceptors (Lipinski definition) is 13. The summed E-state index contributed by atoms with van der Waals surface area (Å²) in [4.78, 5) is 65.7. The Balaban J connectivity index is 0.000000130. The fourth-order valence-corrected chi connectivity index (χ4v) is 13.0. The van der Waals surface area contributed by atoms with Gasteiger partial charge in [-0.3, -0.25) is 0 Å². The van der Waals surface area contributed by atoms with E-state index < -0.39 is 35.8 Å². The second kappa shape index (κ2) is 40.5. The number of aryl methyl sites for hydroxylation is 4. The third kappa shape index (κ3) is 22.7. The van der Waals surface area contributed by atoms with Crippen LogP contribution in [0.3, 0.4) is 0 Å². The minimum absolute atomic E-state index is 0.235. The summed E-state index contributed by atoms with van der Waals surface area (Å²) in [6.45, 7) is 8.20. The molecule has 0 aliphatic rings. The van der Waals surface area contributed by atoms with Crippen molar-refractivity contribution in [1.82, 2.24) is 58.7 Å². The fourth-order valence-electron chi connectivity index (χ4n) is 13.0. The Morgan fingerprint density at radius 2 is 0.437 bits per heavy atom. The first kappa shape index (κ1) is 86.4. The standard InChI is InChI=1S/C17H14N2O3.4C17H14N2O2.C16H12N2O2/c1-22-16-7-5-12(6-8-16)14-10-18-19(11-14)15-4-2-3-13(9-15)17(20)21;2*1-12-4-2-5-13(8-12)15-10-18-19(11-15)16-7-3-6-14(9-16)17(20)21;2*1-12-3-2-4-14(9-12)15-10-18-19(11-15)16-7-5-13(6-8-16)17(20)21;19-16(20)13-7-4-8-15(9-13)18-11-14(10-17-18)12-5-2-1-3-6-12/h2-11H,1H3,(H,20,21);4*2-11H,1H3,(H,20,21);1-11H,(H,19,20). The smallest absolute Gasteiger partial charge is 0.335 e. The lowest BCUT2D eigenvalue weighted by molar-refractivity contribution is 0.0686. The van der Waals surface area contributed by atoms with Gasteiger partial charge < -0.3 is 35.4 Å². The molecule has 18 aromatic rings. The van der Waals surface area contributed by atoms with Crippen LogP contribution in [0.2, 0.25) is 0 Å². The zero-order chi connectivity index (χ0) is 88.8. The summed E-state index contributed by atoms with van der Waals surface area (Å²) >= 11 is 0. The van der Waals surface area contributed by atoms with Crippen molar-refractivity contribution in [2.75, 3.05) is 7.11 Å². The van der Waals surface area contributed by atoms with Crippen LogP contribution in [0.25, 0.3) is 101 Å². The van der Waals surface area contributed by atoms with E-state index in [0.29, 0.717) is 5.69 Å². The molecule has 6 heterocycles. The van der Waals surface area contributed by atoms with Crippen molar-refractivity contribution in [1.29, 1.82) is 0 Å². The van der Waals surface area contributed by atoms with E-state index in [1.165, 1.54) is 22.3 Å². The Kier molecular flexibility index (Phi) is 27.8. The summed E-state index contributed by atoms with van der Waals surface area (Å²) in [6, 6.07) is 90.5. The van der Waals surface area contributed by atoms with Gasteiger partial charge in [0.2, 0.25) is 0 Å². The van der Waals surface area contributed by atoms with E-state index in [9.17, 15) is 28.8 Å². The molecule has 25 nitrogen and oxygen atoms in total. The van der Waals surface area contributed by atoms with Crippen molar-refractivity contribution in [3.63, 3.8) is 0 Å². The molecule has 0 spiro atoms. The maximum Gasteiger partial charge on any atom is 0.335 e. The number of nitrogens with zero attached hydrogens (tertiary/aromatic N) is 12. The SMILES string of the molecule is COc1ccc(-c2cnn(-c3cccc(C(=O)O)c3)c2)cc1.Cc1cccc(-c2cnn(-c3ccc(C(=O)O)cc3)c2)c1.Cc1cccc(-c2cnn(-c3ccc(C(=O)O)cc3)c2)c1.Cc1cccc(-c2cnn(-c3cccc(C(=O)O)c3)c2)c1.Cc1cccc(-c2cnn(-c3cccc(C(=O)O)c3)c2)c1.O=C(O)c1cccc(-n2cc(-c3ccccc3)cn2)c1. The molecule has 25 heteroatoms. The first-order valence-corrected chi connectivity index (χ1v) is 39.2. The van der Waals surface area contributed by atoms with Gasteiger partial charge in [-0.25, -0.2) is 56.9 Å². The predicted octanol–water partition coefficient (Wildman–Crippen LogP) is 20.7. The first-order valence-electron chi connectivity index (χ1n) is 39.2. The molecule has 0 unspecified atom stereocenters. The second-order valence-corrected chi connectivity index (χ2v) is 28.7. The molecule has 0 amide bonds. The molecule has 0 saturated carbocycles. The Hall–Kier alpha value is -17.5. The van der Waals surface area contributed by atoms with E-state index in [4.69, 9.17) is 35.4 Å². The molecule has 12 aromatic carbocycles. The highest BCUT2D eigenvalue weighted by molar-refractivity contribution is 5.91. The number of methoxy groups -OCH3 is 1. The second-order valence-electron chi connectivity index (χ2n) is 28.7. The third-order valence-corrected chi connectivity index (χ3v) is 19.6. The van der Waals surface area contributed by atoms with Crippen molar-refractivity contribution < 1.29 is 64.1 Å². The summed E-state index contributed by atoms with van der Waals surface area (Å²) in [6.07, 6.45) is 22.1. The molecule has 0 saturated heterocycles. The van der Waals surface area contributed by atoms with Crippen LogP contribution < -0.4 is 4.74 Å². The van der Waals surface area contributed by atoms with Gasteiger partial charge in [-0.1, -0.05) is 186 Å². The molecule has 6 N–H and O–H groups in total. The van der Waals surface area contributed by atoms with Crippen LogP contribution in [0.15, 0.2) is 372 Å². The average Bonchev–Trinajstić information content (AvgIpc) is 1.71. The predicted molar refractivity (Wildman–Crippen MR) is 481 cm³/mol. The van der Waals surface area contributed by atoms with E-state index >= 15 is 0 Å². The normalized spacial score (nSPS) is 10.5. The molecule has 0 aliphatic carbocycles. The number of hydrogen-bond donors (Lipinski definition) is 6. The third-order valence-electron chi connectivity index (χ3n) is 19.6. The largest absolute Gasteiger partial charge is 0.497 e. The zero-order valence-corrected chi connectivity index (χ0v) is 68.6. The molecule has 0 fully saturated rings. The highest BCUT2D eigenvalue weighted by atomic mass is 16.5. The number of benzene rings is 12. The molecule has 0 bridgehead atoms. The van der Waals surface area contributed by atoms with Crippen LogP contribution in [-0.2, 0) is 0 Å². The van der Waals surface area contributed by atoms with Crippen LogP contribution in [-0.4, -0.2) is 132 Å². The minimum atomic E-state index is -0.954. The van der Waals surface area contributed by atoms with Gasteiger partial charge in [-0.2, -0.15) is 30.6 Å². The highest BCUT2D eigenvalue weighted by Gasteiger charge is 2.15. The quantitative estimate of drug-likeness (QED) is 0.0438. The minimum Gasteiger partial charge on any atom is -0.497 e. The Labute approximate surface area is 723 Å². The van der Waals surface area contributed by atoms with Crippen molar-refractivity contribution in [3.8, 4) is 107 Å². The number of aromatic nitrogens is 12. The lowest BCUT2D eigenvalue weighted by Gasteiger charge is -2.03. The van der Waals surface area contributed by atoms with Gasteiger partial charge in [0, 0.05) is 70.6 Å². The molecule has 6 aromatic heterocycles. The Morgan fingerprint density at radius 1 is 0.214 bits per heavy atom. The van der Waals surface area contributed by atoms with Crippen LogP contribution in [0.4, 0.5) is 0 Å². The summed E-state index contributed by atoms with van der Waals surface area (Å²) in [5.74, 6) is -4.84. The van der Waals surface area contributed by atoms with Crippen LogP contribution >= 0.6 is 0 Å². The number of aromatic carboxylic acids is 6. The average molecular weight is 1670 g/mol. The van der Waals surface area contributed by atoms with Gasteiger partial charge in [0.1, 0.15) is 5.75 Å². The van der Waals surface area contributed by atoms with Crippen molar-refractivity contribution in [2.45, 2.75) is 27.7 Å². The van der Waals surface area contributed by atoms with E-state index in [-0.39, 0.29) is 33.4 Å². The number of carboxylic acids is 6. The molecule has 18 rings (SSSR count). The van der Waals surface area contributed by atoms with Gasteiger partial charge in [0.15, 0.2) is 0 Å². The van der Waals surface area contributed by atoms with Crippen LogP contribution in [0.5, 0.6) is 5.75 Å². The van der Waals surface area contributed by atoms with E-state index in [0.717, 1.165) is 101 Å². The molecular formula is C101H82N12O13. The van der Waals surface area contributed by atoms with Gasteiger partial charge in [0.05, 0.1) is 112 Å². The maximum absolute atomic E-state index is 11.0. The molecule has 126 heavy (non-hydrogen) atoms. The van der Waals surface area contributed by atoms with E-state index in [1.54, 1.807) is 194 Å². The number of rotatable bonds is 19. The van der Waals surface area contributed by atoms with Crippen molar-refractivity contribution in [3.05, 3.63) is 427 Å². The number of carboxylic acid groups (broad SMARTS) is 6. The van der Waals surface area contributed by atoms with Crippen molar-refractivity contribution >= 4 is 35.8 Å². The lowest BCUT2D eigenvalue weighted by atomic mass is 10.1. The number of ether oxygens (including phenoxy) is 1. The topological polar surface area (TPSA) is 340 Å². The maximum atomic E-state index is 11.0. The van der Waals surface area contributed by atoms with Gasteiger partial charge in [0.25, 0.3) is 0 Å². The Bertz CT molecular complexity index is 6590. The van der Waals surface area contributed by atoms with Crippen LogP contribution in [0, 0.1) is 27.7 Å². The number of carbonyl (C=O) groups is 6. The first-order chi connectivity index (χ1) is 60.9. The highest BCUT2D eigenvalue weighted by Crippen LogP contribution is 2.29. The zero-order valence-electron chi connectivity index (χ0n) is 68.6. The molecule has 624 valence electrons. The van der Waals surface area contributed by atoms with Crippen molar-refractivity contribution in [2.24, 2.45) is 0 Å². The van der Waals surface area contributed by atoms with Gasteiger partial charge >= 0.3 is 35.8 Å². The summed E-state index contributed by atoms with van der Waals surface area (Å²) in [7, 11) is 1.63. The van der Waals surface area contributed by atoms with E-state index in [1.807, 2.05) is 191 Å². The summed E-state index contributed by atoms with van der Waals surface area (Å²) in [5, 5.41) is 79.8. The fraction of sp³-hybridized carbons (Fsp3) is 0.0495. The van der Waals surface area contributed by atoms with Gasteiger partial charge in [-0.15, -0.1) is 0 Å². The lowest BCUT2D eigenvalue weighted by Crippen LogP contribution is -1.99. The monoisotopic (exact) mass is 1670 g/mol. The molecule has 0 aliphatic heterocycles.